The van der Waals surface area contributed by atoms with Crippen molar-refractivity contribution in [3.05, 3.63) is 21.4 Å². The second-order valence-corrected chi connectivity index (χ2v) is 5.71. The highest BCUT2D eigenvalue weighted by Gasteiger charge is 2.22. The molecule has 96 valence electrons. The van der Waals surface area contributed by atoms with Crippen LogP contribution in [0, 0.1) is 13.8 Å². The SMILES string of the molecule is Cc1cc(C(=O)N2CCNC(C)C2)sc1C.Cl. The van der Waals surface area contributed by atoms with E-state index in [0.717, 1.165) is 24.5 Å². The molecule has 17 heavy (non-hydrogen) atoms. The van der Waals surface area contributed by atoms with E-state index in [9.17, 15) is 4.79 Å². The van der Waals surface area contributed by atoms with Gasteiger partial charge in [-0.15, -0.1) is 23.7 Å². The molecule has 0 radical (unpaired) electrons. The molecular formula is C12H19ClN2OS. The van der Waals surface area contributed by atoms with Crippen LogP contribution in [0.2, 0.25) is 0 Å². The molecule has 1 fully saturated rings. The minimum Gasteiger partial charge on any atom is -0.335 e. The van der Waals surface area contributed by atoms with E-state index < -0.39 is 0 Å². The van der Waals surface area contributed by atoms with Crippen molar-refractivity contribution in [3.63, 3.8) is 0 Å². The summed E-state index contributed by atoms with van der Waals surface area (Å²) in [5.41, 5.74) is 1.22. The van der Waals surface area contributed by atoms with Gasteiger partial charge in [0.05, 0.1) is 4.88 Å². The standard InChI is InChI=1S/C12H18N2OS.ClH/c1-8-6-11(16-10(8)3)12(15)14-5-4-13-9(2)7-14;/h6,9,13H,4-5,7H2,1-3H3;1H. The van der Waals surface area contributed by atoms with Gasteiger partial charge in [0.1, 0.15) is 0 Å². The number of carbonyl (C=O) groups excluding carboxylic acids is 1. The molecule has 1 aliphatic heterocycles. The molecule has 0 aliphatic carbocycles. The first-order chi connectivity index (χ1) is 7.58. The molecule has 1 unspecified atom stereocenters. The van der Waals surface area contributed by atoms with E-state index in [0.29, 0.717) is 6.04 Å². The lowest BCUT2D eigenvalue weighted by atomic mass is 10.2. The molecule has 1 aromatic rings. The highest BCUT2D eigenvalue weighted by molar-refractivity contribution is 7.14. The number of aryl methyl sites for hydroxylation is 2. The van der Waals surface area contributed by atoms with Gasteiger partial charge in [-0.2, -0.15) is 0 Å². The number of nitrogens with one attached hydrogen (secondary N) is 1. The second-order valence-electron chi connectivity index (χ2n) is 4.46. The van der Waals surface area contributed by atoms with Crippen LogP contribution in [-0.4, -0.2) is 36.5 Å². The Bertz CT molecular complexity index is 386. The summed E-state index contributed by atoms with van der Waals surface area (Å²) in [5.74, 6) is 0.189. The monoisotopic (exact) mass is 274 g/mol. The van der Waals surface area contributed by atoms with Crippen LogP contribution in [0.25, 0.3) is 0 Å². The van der Waals surface area contributed by atoms with Crippen molar-refractivity contribution in [1.29, 1.82) is 0 Å². The third-order valence-corrected chi connectivity index (χ3v) is 4.17. The van der Waals surface area contributed by atoms with Gasteiger partial charge in [0.25, 0.3) is 5.91 Å². The molecule has 1 amide bonds. The molecule has 2 heterocycles. The molecule has 3 nitrogen and oxygen atoms in total. The lowest BCUT2D eigenvalue weighted by Gasteiger charge is -2.31. The number of amides is 1. The Balaban J connectivity index is 0.00000144. The van der Waals surface area contributed by atoms with Crippen LogP contribution in [0.1, 0.15) is 27.0 Å². The number of nitrogens with zero attached hydrogens (tertiary/aromatic N) is 1. The normalized spacial score (nSPS) is 19.9. The molecule has 2 rings (SSSR count). The third-order valence-electron chi connectivity index (χ3n) is 3.03. The number of rotatable bonds is 1. The van der Waals surface area contributed by atoms with Crippen LogP contribution in [-0.2, 0) is 0 Å². The fourth-order valence-electron chi connectivity index (χ4n) is 1.95. The van der Waals surface area contributed by atoms with Crippen LogP contribution < -0.4 is 5.32 Å². The summed E-state index contributed by atoms with van der Waals surface area (Å²) in [4.78, 5) is 16.3. The van der Waals surface area contributed by atoms with Crippen molar-refractivity contribution < 1.29 is 4.79 Å². The zero-order valence-corrected chi connectivity index (χ0v) is 12.1. The van der Waals surface area contributed by atoms with Gasteiger partial charge >= 0.3 is 0 Å². The van der Waals surface area contributed by atoms with E-state index >= 15 is 0 Å². The van der Waals surface area contributed by atoms with Crippen molar-refractivity contribution in [2.45, 2.75) is 26.8 Å². The number of piperazine rings is 1. The van der Waals surface area contributed by atoms with Crippen molar-refractivity contribution in [2.75, 3.05) is 19.6 Å². The fourth-order valence-corrected chi connectivity index (χ4v) is 2.95. The lowest BCUT2D eigenvalue weighted by molar-refractivity contribution is 0.0714. The van der Waals surface area contributed by atoms with E-state index in [-0.39, 0.29) is 18.3 Å². The Hall–Kier alpha value is -0.580. The van der Waals surface area contributed by atoms with E-state index in [2.05, 4.69) is 26.1 Å². The molecule has 1 aliphatic rings. The molecule has 1 N–H and O–H groups in total. The van der Waals surface area contributed by atoms with Gasteiger partial charge in [0.2, 0.25) is 0 Å². The summed E-state index contributed by atoms with van der Waals surface area (Å²) in [6.07, 6.45) is 0. The molecule has 5 heteroatoms. The van der Waals surface area contributed by atoms with Gasteiger partial charge in [0.15, 0.2) is 0 Å². The molecule has 1 atom stereocenters. The van der Waals surface area contributed by atoms with E-state index in [1.165, 1.54) is 10.4 Å². The van der Waals surface area contributed by atoms with Crippen molar-refractivity contribution in [1.82, 2.24) is 10.2 Å². The van der Waals surface area contributed by atoms with Gasteiger partial charge in [-0.25, -0.2) is 0 Å². The molecule has 0 bridgehead atoms. The van der Waals surface area contributed by atoms with E-state index in [1.54, 1.807) is 11.3 Å². The summed E-state index contributed by atoms with van der Waals surface area (Å²) in [5, 5.41) is 3.34. The van der Waals surface area contributed by atoms with Crippen LogP contribution in [0.4, 0.5) is 0 Å². The van der Waals surface area contributed by atoms with Gasteiger partial charge in [-0.3, -0.25) is 4.79 Å². The number of carbonyl (C=O) groups is 1. The average molecular weight is 275 g/mol. The summed E-state index contributed by atoms with van der Waals surface area (Å²) in [6.45, 7) is 8.77. The van der Waals surface area contributed by atoms with E-state index in [1.807, 2.05) is 11.0 Å². The van der Waals surface area contributed by atoms with Crippen molar-refractivity contribution in [3.8, 4) is 0 Å². The van der Waals surface area contributed by atoms with Crippen molar-refractivity contribution in [2.24, 2.45) is 0 Å². The third kappa shape index (κ3) is 3.21. The maximum atomic E-state index is 12.2. The first kappa shape index (κ1) is 14.5. The second kappa shape index (κ2) is 5.85. The maximum absolute atomic E-state index is 12.2. The molecule has 0 spiro atoms. The summed E-state index contributed by atoms with van der Waals surface area (Å²) in [7, 11) is 0. The Morgan fingerprint density at radius 2 is 2.24 bits per heavy atom. The predicted octanol–water partition coefficient (Wildman–Crippen LogP) is 2.22. The smallest absolute Gasteiger partial charge is 0.264 e. The number of halogens is 1. The van der Waals surface area contributed by atoms with Crippen LogP contribution in [0.5, 0.6) is 0 Å². The zero-order chi connectivity index (χ0) is 11.7. The Labute approximate surface area is 113 Å². The average Bonchev–Trinajstić information content (AvgIpc) is 2.58. The maximum Gasteiger partial charge on any atom is 0.264 e. The summed E-state index contributed by atoms with van der Waals surface area (Å²) >= 11 is 1.61. The van der Waals surface area contributed by atoms with Gasteiger partial charge < -0.3 is 10.2 Å². The topological polar surface area (TPSA) is 32.3 Å². The lowest BCUT2D eigenvalue weighted by Crippen LogP contribution is -2.51. The highest BCUT2D eigenvalue weighted by atomic mass is 35.5. The quantitative estimate of drug-likeness (QED) is 0.852. The van der Waals surface area contributed by atoms with Crippen LogP contribution in [0.15, 0.2) is 6.07 Å². The van der Waals surface area contributed by atoms with Gasteiger partial charge in [0, 0.05) is 30.6 Å². The molecule has 0 aromatic carbocycles. The number of thiophene rings is 1. The first-order valence-corrected chi connectivity index (χ1v) is 6.49. The molecule has 1 aromatic heterocycles. The Kier molecular flexibility index (Phi) is 4.98. The fraction of sp³-hybridized carbons (Fsp3) is 0.583. The largest absolute Gasteiger partial charge is 0.335 e. The summed E-state index contributed by atoms with van der Waals surface area (Å²) in [6, 6.07) is 2.41. The number of hydrogen-bond acceptors (Lipinski definition) is 3. The van der Waals surface area contributed by atoms with Crippen LogP contribution >= 0.6 is 23.7 Å². The van der Waals surface area contributed by atoms with Crippen molar-refractivity contribution >= 4 is 29.7 Å². The van der Waals surface area contributed by atoms with Gasteiger partial charge in [-0.05, 0) is 32.4 Å². The highest BCUT2D eigenvalue weighted by Crippen LogP contribution is 2.22. The Morgan fingerprint density at radius 3 is 2.76 bits per heavy atom. The molecule has 1 saturated heterocycles. The van der Waals surface area contributed by atoms with Crippen LogP contribution in [0.3, 0.4) is 0 Å². The molecular weight excluding hydrogens is 256 g/mol. The van der Waals surface area contributed by atoms with E-state index in [4.69, 9.17) is 0 Å². The number of hydrogen-bond donors (Lipinski definition) is 1. The molecule has 0 saturated carbocycles. The zero-order valence-electron chi connectivity index (χ0n) is 10.4. The predicted molar refractivity (Wildman–Crippen MR) is 74.4 cm³/mol. The first-order valence-electron chi connectivity index (χ1n) is 5.67. The summed E-state index contributed by atoms with van der Waals surface area (Å²) < 4.78 is 0. The van der Waals surface area contributed by atoms with Gasteiger partial charge in [-0.1, -0.05) is 0 Å². The minimum atomic E-state index is 0. The Morgan fingerprint density at radius 1 is 1.53 bits per heavy atom. The minimum absolute atomic E-state index is 0.